The van der Waals surface area contributed by atoms with Crippen LogP contribution in [-0.2, 0) is 19.1 Å². The highest BCUT2D eigenvalue weighted by Crippen LogP contribution is 1.96. The van der Waals surface area contributed by atoms with Crippen LogP contribution in [0.4, 0.5) is 0 Å². The van der Waals surface area contributed by atoms with Gasteiger partial charge in [0.1, 0.15) is 6.61 Å². The summed E-state index contributed by atoms with van der Waals surface area (Å²) >= 11 is 0. The van der Waals surface area contributed by atoms with E-state index in [0.717, 1.165) is 6.92 Å². The van der Waals surface area contributed by atoms with Crippen molar-refractivity contribution in [1.29, 1.82) is 0 Å². The maximum Gasteiger partial charge on any atom is 0.373 e. The number of hydrogen-bond acceptors (Lipinski definition) is 5. The Morgan fingerprint density at radius 1 is 1.50 bits per heavy atom. The van der Waals surface area contributed by atoms with E-state index in [2.05, 4.69) is 16.1 Å². The molecule has 5 nitrogen and oxygen atoms in total. The minimum Gasteiger partial charge on any atom is -0.457 e. The number of hydrogen-bond donors (Lipinski definition) is 1. The normalized spacial score (nSPS) is 8.83. The molecule has 0 aromatic heterocycles. The highest BCUT2D eigenvalue weighted by Gasteiger charge is 2.11. The lowest BCUT2D eigenvalue weighted by Gasteiger charge is -2.03. The summed E-state index contributed by atoms with van der Waals surface area (Å²) in [5, 5.41) is 8.26. The van der Waals surface area contributed by atoms with Crippen molar-refractivity contribution in [1.82, 2.24) is 0 Å². The molecule has 0 saturated carbocycles. The quantitative estimate of drug-likeness (QED) is 0.356. The van der Waals surface area contributed by atoms with Gasteiger partial charge in [-0.2, -0.15) is 0 Å². The number of carbonyl (C=O) groups is 2. The van der Waals surface area contributed by atoms with Crippen molar-refractivity contribution in [3.63, 3.8) is 0 Å². The van der Waals surface area contributed by atoms with Crippen LogP contribution in [0.1, 0.15) is 6.92 Å². The highest BCUT2D eigenvalue weighted by molar-refractivity contribution is 5.88. The van der Waals surface area contributed by atoms with Crippen molar-refractivity contribution in [3.8, 4) is 0 Å². The molecule has 0 spiro atoms. The monoisotopic (exact) mass is 174 g/mol. The minimum atomic E-state index is -0.848. The molecule has 68 valence electrons. The Morgan fingerprint density at radius 3 is 2.50 bits per heavy atom. The summed E-state index contributed by atoms with van der Waals surface area (Å²) in [6, 6.07) is 0. The Labute approximate surface area is 69.6 Å². The third kappa shape index (κ3) is 4.45. The first-order chi connectivity index (χ1) is 5.57. The molecule has 0 rings (SSSR count). The molecule has 0 fully saturated rings. The van der Waals surface area contributed by atoms with Crippen molar-refractivity contribution in [2.24, 2.45) is 0 Å². The van der Waals surface area contributed by atoms with Crippen molar-refractivity contribution < 1.29 is 24.2 Å². The molecule has 0 heterocycles. The van der Waals surface area contributed by atoms with Gasteiger partial charge in [0.25, 0.3) is 0 Å². The molecule has 0 aliphatic carbocycles. The molecule has 0 aliphatic rings. The van der Waals surface area contributed by atoms with Gasteiger partial charge in [-0.05, 0) is 6.58 Å². The second-order valence-electron chi connectivity index (χ2n) is 1.88. The number of rotatable bonds is 4. The van der Waals surface area contributed by atoms with Crippen molar-refractivity contribution >= 4 is 11.9 Å². The molecule has 5 heteroatoms. The molecule has 0 aliphatic heterocycles. The highest BCUT2D eigenvalue weighted by atomic mass is 16.6. The maximum absolute atomic E-state index is 10.7. The standard InChI is InChI=1S/C7H10O5/c1-5(12-6(2)9)7(10)11-4-3-8/h8H,1,3-4H2,2H3. The largest absolute Gasteiger partial charge is 0.457 e. The van der Waals surface area contributed by atoms with Crippen LogP contribution in [0.2, 0.25) is 0 Å². The summed E-state index contributed by atoms with van der Waals surface area (Å²) in [6.07, 6.45) is 0. The smallest absolute Gasteiger partial charge is 0.373 e. The van der Waals surface area contributed by atoms with E-state index in [1.165, 1.54) is 0 Å². The lowest BCUT2D eigenvalue weighted by Crippen LogP contribution is -2.13. The predicted molar refractivity (Wildman–Crippen MR) is 39.0 cm³/mol. The van der Waals surface area contributed by atoms with Crippen LogP contribution in [0.5, 0.6) is 0 Å². The van der Waals surface area contributed by atoms with Gasteiger partial charge in [-0.15, -0.1) is 0 Å². The van der Waals surface area contributed by atoms with E-state index in [9.17, 15) is 9.59 Å². The van der Waals surface area contributed by atoms with Gasteiger partial charge >= 0.3 is 11.9 Å². The molecule has 0 aromatic carbocycles. The SMILES string of the molecule is C=C(OC(C)=O)C(=O)OCCO. The summed E-state index contributed by atoms with van der Waals surface area (Å²) in [5.41, 5.74) is 0. The lowest BCUT2D eigenvalue weighted by molar-refractivity contribution is -0.150. The molecule has 0 amide bonds. The van der Waals surface area contributed by atoms with Gasteiger partial charge in [0.05, 0.1) is 6.61 Å². The first-order valence-electron chi connectivity index (χ1n) is 3.23. The fourth-order valence-electron chi connectivity index (χ4n) is 0.434. The number of ether oxygens (including phenoxy) is 2. The first-order valence-corrected chi connectivity index (χ1v) is 3.23. The zero-order valence-corrected chi connectivity index (χ0v) is 6.70. The third-order valence-electron chi connectivity index (χ3n) is 0.819. The van der Waals surface area contributed by atoms with Crippen LogP contribution in [0, 0.1) is 0 Å². The molecular weight excluding hydrogens is 164 g/mol. The average molecular weight is 174 g/mol. The summed E-state index contributed by atoms with van der Waals surface area (Å²) < 4.78 is 8.71. The van der Waals surface area contributed by atoms with Crippen LogP contribution in [0.15, 0.2) is 12.3 Å². The van der Waals surface area contributed by atoms with Gasteiger partial charge in [0.15, 0.2) is 0 Å². The summed E-state index contributed by atoms with van der Waals surface area (Å²) in [7, 11) is 0. The Morgan fingerprint density at radius 2 is 2.08 bits per heavy atom. The number of esters is 2. The molecule has 0 atom stereocenters. The van der Waals surface area contributed by atoms with Gasteiger partial charge in [-0.3, -0.25) is 4.79 Å². The van der Waals surface area contributed by atoms with Crippen LogP contribution < -0.4 is 0 Å². The molecule has 0 unspecified atom stereocenters. The van der Waals surface area contributed by atoms with Crippen LogP contribution in [-0.4, -0.2) is 30.3 Å². The second kappa shape index (κ2) is 5.31. The van der Waals surface area contributed by atoms with E-state index in [1.54, 1.807) is 0 Å². The van der Waals surface area contributed by atoms with E-state index < -0.39 is 11.9 Å². The average Bonchev–Trinajstić information content (AvgIpc) is 1.98. The van der Waals surface area contributed by atoms with Gasteiger partial charge in [0.2, 0.25) is 5.76 Å². The number of carbonyl (C=O) groups excluding carboxylic acids is 2. The Balaban J connectivity index is 3.77. The van der Waals surface area contributed by atoms with Crippen LogP contribution in [0.3, 0.4) is 0 Å². The molecule has 1 N–H and O–H groups in total. The Kier molecular flexibility index (Phi) is 4.71. The predicted octanol–water partition coefficient (Wildman–Crippen LogP) is -0.401. The fourth-order valence-corrected chi connectivity index (χ4v) is 0.434. The minimum absolute atomic E-state index is 0.140. The second-order valence-corrected chi connectivity index (χ2v) is 1.88. The molecule has 0 radical (unpaired) electrons. The van der Waals surface area contributed by atoms with Crippen LogP contribution >= 0.6 is 0 Å². The zero-order valence-electron chi connectivity index (χ0n) is 6.70. The summed E-state index contributed by atoms with van der Waals surface area (Å²) in [4.78, 5) is 21.0. The van der Waals surface area contributed by atoms with Crippen molar-refractivity contribution in [2.75, 3.05) is 13.2 Å². The van der Waals surface area contributed by atoms with Gasteiger partial charge < -0.3 is 14.6 Å². The van der Waals surface area contributed by atoms with E-state index >= 15 is 0 Å². The Hall–Kier alpha value is -1.36. The topological polar surface area (TPSA) is 72.8 Å². The van der Waals surface area contributed by atoms with Gasteiger partial charge in [0, 0.05) is 6.92 Å². The van der Waals surface area contributed by atoms with Crippen LogP contribution in [0.25, 0.3) is 0 Å². The van der Waals surface area contributed by atoms with Gasteiger partial charge in [-0.25, -0.2) is 4.79 Å². The van der Waals surface area contributed by atoms with Crippen molar-refractivity contribution in [2.45, 2.75) is 6.92 Å². The van der Waals surface area contributed by atoms with Gasteiger partial charge in [-0.1, -0.05) is 0 Å². The molecule has 0 saturated heterocycles. The lowest BCUT2D eigenvalue weighted by atomic mass is 10.5. The third-order valence-corrected chi connectivity index (χ3v) is 0.819. The summed E-state index contributed by atoms with van der Waals surface area (Å²) in [5.74, 6) is -1.86. The number of aliphatic hydroxyl groups is 1. The molecule has 12 heavy (non-hydrogen) atoms. The zero-order chi connectivity index (χ0) is 9.56. The molecular formula is C7H10O5. The van der Waals surface area contributed by atoms with Crippen molar-refractivity contribution in [3.05, 3.63) is 12.3 Å². The van der Waals surface area contributed by atoms with E-state index in [-0.39, 0.29) is 19.0 Å². The van der Waals surface area contributed by atoms with E-state index in [1.807, 2.05) is 0 Å². The Bertz CT molecular complexity index is 196. The maximum atomic E-state index is 10.7. The summed E-state index contributed by atoms with van der Waals surface area (Å²) in [6.45, 7) is 3.87. The molecule has 0 aromatic rings. The number of aliphatic hydroxyl groups excluding tert-OH is 1. The fraction of sp³-hybridized carbons (Fsp3) is 0.429. The van der Waals surface area contributed by atoms with E-state index in [4.69, 9.17) is 5.11 Å². The van der Waals surface area contributed by atoms with E-state index in [0.29, 0.717) is 0 Å². The first kappa shape index (κ1) is 10.6. The molecule has 0 bridgehead atoms.